The minimum Gasteiger partial charge on any atom is -0.310 e. The van der Waals surface area contributed by atoms with Crippen LogP contribution in [0.3, 0.4) is 0 Å². The second-order valence-corrected chi connectivity index (χ2v) is 10.3. The Labute approximate surface area is 184 Å². The summed E-state index contributed by atoms with van der Waals surface area (Å²) >= 11 is 0. The van der Waals surface area contributed by atoms with E-state index in [1.54, 1.807) is 12.5 Å². The molecule has 3 aromatic rings. The summed E-state index contributed by atoms with van der Waals surface area (Å²) in [5.74, 6) is 0. The first-order valence-corrected chi connectivity index (χ1v) is 12.7. The molecule has 11 nitrogen and oxygen atoms in total. The lowest BCUT2D eigenvalue weighted by Gasteiger charge is -2.12. The molecule has 32 heavy (non-hydrogen) atoms. The van der Waals surface area contributed by atoms with Gasteiger partial charge in [-0.1, -0.05) is 36.9 Å². The predicted octanol–water partition coefficient (Wildman–Crippen LogP) is 2.51. The van der Waals surface area contributed by atoms with Crippen LogP contribution in [0.4, 0.5) is 0 Å². The smallest absolute Gasteiger partial charge is 0.297 e. The van der Waals surface area contributed by atoms with Gasteiger partial charge in [0.05, 0.1) is 6.33 Å². The Morgan fingerprint density at radius 1 is 0.969 bits per heavy atom. The zero-order chi connectivity index (χ0) is 24.3. The Morgan fingerprint density at radius 3 is 2.03 bits per heavy atom. The molecule has 1 heterocycles. The minimum atomic E-state index is -5.40. The van der Waals surface area contributed by atoms with Gasteiger partial charge < -0.3 is 4.57 Å². The second-order valence-electron chi connectivity index (χ2n) is 6.21. The lowest BCUT2D eigenvalue weighted by molar-refractivity contribution is 0.457. The van der Waals surface area contributed by atoms with Gasteiger partial charge in [-0.3, -0.25) is 13.7 Å². The fourth-order valence-electron chi connectivity index (χ4n) is 2.68. The first-order chi connectivity index (χ1) is 14.7. The topological polar surface area (TPSA) is 181 Å². The SMILES string of the molecule is C=CCC(=C)n1ccnc1.O=S(=O)(O)c1cc2ccccc2c(S(=O)(=O)O)c1S(=O)(=O)O. The number of imidazole rings is 1. The Hall–Kier alpha value is -2.88. The van der Waals surface area contributed by atoms with Crippen molar-refractivity contribution in [1.82, 2.24) is 9.55 Å². The van der Waals surface area contributed by atoms with Crippen LogP contribution < -0.4 is 0 Å². The van der Waals surface area contributed by atoms with Crippen molar-refractivity contribution < 1.29 is 38.9 Å². The van der Waals surface area contributed by atoms with Crippen molar-refractivity contribution in [2.24, 2.45) is 0 Å². The largest absolute Gasteiger partial charge is 0.310 e. The first kappa shape index (κ1) is 25.4. The third-order valence-corrected chi connectivity index (χ3v) is 6.98. The average molecular weight is 503 g/mol. The van der Waals surface area contributed by atoms with Crippen molar-refractivity contribution in [2.75, 3.05) is 0 Å². The Bertz CT molecular complexity index is 1490. The zero-order valence-corrected chi connectivity index (χ0v) is 18.7. The number of benzene rings is 2. The van der Waals surface area contributed by atoms with E-state index in [1.165, 1.54) is 18.2 Å². The summed E-state index contributed by atoms with van der Waals surface area (Å²) < 4.78 is 97.9. The van der Waals surface area contributed by atoms with Crippen LogP contribution in [0, 0.1) is 0 Å². The maximum Gasteiger partial charge on any atom is 0.297 e. The standard InChI is InChI=1S/C10H8O9S3.C8H10N2/c11-20(12,13)8-5-6-3-1-2-4-7(6)9(21(14,15)16)10(8)22(17,18)19;1-3-4-8(2)10-6-5-9-7-10/h1-5H,(H,11,12,13)(H,14,15,16)(H,17,18,19);3,5-7H,1-2,4H2. The quantitative estimate of drug-likeness (QED) is 0.334. The van der Waals surface area contributed by atoms with Crippen LogP contribution in [-0.4, -0.2) is 48.5 Å². The molecule has 14 heteroatoms. The minimum absolute atomic E-state index is 0.0878. The van der Waals surface area contributed by atoms with Gasteiger partial charge in [0.1, 0.15) is 14.7 Å². The number of hydrogen-bond acceptors (Lipinski definition) is 7. The lowest BCUT2D eigenvalue weighted by atomic mass is 10.1. The fourth-order valence-corrected chi connectivity index (χ4v) is 6.09. The van der Waals surface area contributed by atoms with E-state index in [1.807, 2.05) is 16.8 Å². The highest BCUT2D eigenvalue weighted by molar-refractivity contribution is 7.90. The summed E-state index contributed by atoms with van der Waals surface area (Å²) in [6.07, 6.45) is 7.95. The molecule has 0 bridgehead atoms. The number of allylic oxidation sites excluding steroid dienone is 2. The van der Waals surface area contributed by atoms with E-state index in [2.05, 4.69) is 18.1 Å². The summed E-state index contributed by atoms with van der Waals surface area (Å²) in [4.78, 5) is -0.414. The summed E-state index contributed by atoms with van der Waals surface area (Å²) in [5, 5.41) is -0.430. The van der Waals surface area contributed by atoms with Gasteiger partial charge in [-0.25, -0.2) is 4.98 Å². The molecule has 0 aliphatic heterocycles. The molecule has 0 fully saturated rings. The number of aromatic nitrogens is 2. The molecule has 0 radical (unpaired) electrons. The maximum atomic E-state index is 11.5. The third-order valence-electron chi connectivity index (χ3n) is 3.97. The molecule has 3 rings (SSSR count). The van der Waals surface area contributed by atoms with Gasteiger partial charge in [-0.05, 0) is 11.5 Å². The molecule has 0 saturated carbocycles. The third kappa shape index (κ3) is 5.87. The molecule has 3 N–H and O–H groups in total. The van der Waals surface area contributed by atoms with Gasteiger partial charge in [0.2, 0.25) is 0 Å². The van der Waals surface area contributed by atoms with Gasteiger partial charge in [-0.15, -0.1) is 6.58 Å². The predicted molar refractivity (Wildman–Crippen MR) is 116 cm³/mol. The highest BCUT2D eigenvalue weighted by atomic mass is 32.2. The average Bonchev–Trinajstić information content (AvgIpc) is 3.20. The van der Waals surface area contributed by atoms with E-state index in [0.717, 1.165) is 18.2 Å². The van der Waals surface area contributed by atoms with Crippen molar-refractivity contribution in [3.63, 3.8) is 0 Å². The van der Waals surface area contributed by atoms with Crippen LogP contribution in [0.1, 0.15) is 6.42 Å². The maximum absolute atomic E-state index is 11.5. The molecule has 1 aromatic heterocycles. The monoisotopic (exact) mass is 502 g/mol. The van der Waals surface area contributed by atoms with Crippen LogP contribution in [0.2, 0.25) is 0 Å². The molecule has 0 aliphatic rings. The summed E-state index contributed by atoms with van der Waals surface area (Å²) in [6.45, 7) is 7.45. The molecule has 0 spiro atoms. The van der Waals surface area contributed by atoms with Crippen molar-refractivity contribution in [3.05, 3.63) is 68.3 Å². The highest BCUT2D eigenvalue weighted by Gasteiger charge is 2.34. The Morgan fingerprint density at radius 2 is 1.56 bits per heavy atom. The number of fused-ring (bicyclic) bond motifs is 1. The second kappa shape index (κ2) is 9.32. The molecule has 0 amide bonds. The normalized spacial score (nSPS) is 12.1. The molecule has 0 atom stereocenters. The summed E-state index contributed by atoms with van der Waals surface area (Å²) in [6, 6.07) is 5.69. The Balaban J connectivity index is 0.000000303. The van der Waals surface area contributed by atoms with Gasteiger partial charge >= 0.3 is 0 Å². The van der Waals surface area contributed by atoms with Crippen molar-refractivity contribution in [3.8, 4) is 0 Å². The van der Waals surface area contributed by atoms with Crippen LogP contribution >= 0.6 is 0 Å². The van der Waals surface area contributed by atoms with E-state index >= 15 is 0 Å². The van der Waals surface area contributed by atoms with Gasteiger partial charge in [0, 0.05) is 29.9 Å². The van der Waals surface area contributed by atoms with E-state index in [9.17, 15) is 29.8 Å². The van der Waals surface area contributed by atoms with Gasteiger partial charge in [-0.2, -0.15) is 25.3 Å². The molecule has 0 aliphatic carbocycles. The van der Waals surface area contributed by atoms with Gasteiger partial charge in [0.25, 0.3) is 30.4 Å². The fraction of sp³-hybridized carbons (Fsp3) is 0.0556. The summed E-state index contributed by atoms with van der Waals surface area (Å²) in [7, 11) is -15.8. The molecule has 0 unspecified atom stereocenters. The number of rotatable bonds is 6. The van der Waals surface area contributed by atoms with E-state index < -0.39 is 45.0 Å². The van der Waals surface area contributed by atoms with Gasteiger partial charge in [0.15, 0.2) is 0 Å². The molecular weight excluding hydrogens is 484 g/mol. The molecule has 2 aromatic carbocycles. The van der Waals surface area contributed by atoms with Crippen molar-refractivity contribution >= 4 is 46.8 Å². The van der Waals surface area contributed by atoms with Crippen LogP contribution in [0.5, 0.6) is 0 Å². The van der Waals surface area contributed by atoms with E-state index in [-0.39, 0.29) is 10.8 Å². The zero-order valence-electron chi connectivity index (χ0n) is 16.2. The van der Waals surface area contributed by atoms with E-state index in [4.69, 9.17) is 9.11 Å². The number of nitrogens with zero attached hydrogens (tertiary/aromatic N) is 2. The first-order valence-electron chi connectivity index (χ1n) is 8.43. The highest BCUT2D eigenvalue weighted by Crippen LogP contribution is 2.35. The van der Waals surface area contributed by atoms with Crippen LogP contribution in [-0.2, 0) is 30.4 Å². The summed E-state index contributed by atoms with van der Waals surface area (Å²) in [5.41, 5.74) is 0.993. The molecule has 0 saturated heterocycles. The Kier molecular flexibility index (Phi) is 7.39. The van der Waals surface area contributed by atoms with E-state index in [0.29, 0.717) is 6.07 Å². The van der Waals surface area contributed by atoms with Crippen molar-refractivity contribution in [1.29, 1.82) is 0 Å². The molecular formula is C18H18N2O9S3. The van der Waals surface area contributed by atoms with Crippen LogP contribution in [0.25, 0.3) is 16.5 Å². The molecule has 172 valence electrons. The van der Waals surface area contributed by atoms with Crippen LogP contribution in [0.15, 0.2) is 83.0 Å². The lowest BCUT2D eigenvalue weighted by Crippen LogP contribution is -2.15. The van der Waals surface area contributed by atoms with Crippen molar-refractivity contribution in [2.45, 2.75) is 21.1 Å². The number of hydrogen-bond donors (Lipinski definition) is 3.